The average Bonchev–Trinajstić information content (AvgIpc) is 3.00. The number of carbonyl (C=O) groups excluding carboxylic acids is 1. The molecule has 0 saturated carbocycles. The van der Waals surface area contributed by atoms with Crippen molar-refractivity contribution in [1.29, 1.82) is 0 Å². The monoisotopic (exact) mass is 354 g/mol. The molecule has 0 radical (unpaired) electrons. The van der Waals surface area contributed by atoms with Crippen LogP contribution in [0.1, 0.15) is 15.9 Å². The lowest BCUT2D eigenvalue weighted by molar-refractivity contribution is 0.0629. The van der Waals surface area contributed by atoms with Crippen LogP contribution in [-0.4, -0.2) is 41.9 Å². The van der Waals surface area contributed by atoms with Crippen molar-refractivity contribution in [3.63, 3.8) is 0 Å². The summed E-state index contributed by atoms with van der Waals surface area (Å²) in [6.07, 6.45) is 0. The number of halogens is 2. The van der Waals surface area contributed by atoms with Gasteiger partial charge >= 0.3 is 0 Å². The zero-order chi connectivity index (χ0) is 15.5. The third kappa shape index (κ3) is 3.63. The molecule has 6 heteroatoms. The first-order valence-corrected chi connectivity index (χ1v) is 8.81. The molecule has 0 N–H and O–H groups in total. The average molecular weight is 355 g/mol. The Labute approximate surface area is 144 Å². The Morgan fingerprint density at radius 1 is 1.14 bits per heavy atom. The van der Waals surface area contributed by atoms with Crippen LogP contribution in [0.25, 0.3) is 0 Å². The summed E-state index contributed by atoms with van der Waals surface area (Å²) in [5, 5.41) is 5.23. The number of amides is 1. The van der Waals surface area contributed by atoms with Crippen molar-refractivity contribution in [2.75, 3.05) is 26.2 Å². The van der Waals surface area contributed by atoms with E-state index in [-0.39, 0.29) is 5.91 Å². The Kier molecular flexibility index (Phi) is 5.03. The van der Waals surface area contributed by atoms with E-state index in [4.69, 9.17) is 23.2 Å². The van der Waals surface area contributed by atoms with Gasteiger partial charge < -0.3 is 4.90 Å². The second-order valence-corrected chi connectivity index (χ2v) is 6.95. The summed E-state index contributed by atoms with van der Waals surface area (Å²) < 4.78 is 0. The summed E-state index contributed by atoms with van der Waals surface area (Å²) in [5.41, 5.74) is 1.86. The molecule has 0 spiro atoms. The Morgan fingerprint density at radius 3 is 2.55 bits per heavy atom. The molecule has 1 aliphatic heterocycles. The standard InChI is InChI=1S/C16H16Cl2N2OS/c17-13-1-2-14(15(18)9-13)16(21)20-6-4-19(5-7-20)10-12-3-8-22-11-12/h1-3,8-9,11H,4-7,10H2. The highest BCUT2D eigenvalue weighted by Crippen LogP contribution is 2.23. The van der Waals surface area contributed by atoms with E-state index in [1.165, 1.54) is 5.56 Å². The molecule has 0 bridgehead atoms. The largest absolute Gasteiger partial charge is 0.336 e. The predicted octanol–water partition coefficient (Wildman–Crippen LogP) is 4.01. The highest BCUT2D eigenvalue weighted by molar-refractivity contribution is 7.07. The maximum absolute atomic E-state index is 12.5. The molecule has 1 saturated heterocycles. The van der Waals surface area contributed by atoms with Crippen molar-refractivity contribution in [3.05, 3.63) is 56.2 Å². The summed E-state index contributed by atoms with van der Waals surface area (Å²) in [4.78, 5) is 16.8. The van der Waals surface area contributed by atoms with Gasteiger partial charge in [-0.1, -0.05) is 23.2 Å². The van der Waals surface area contributed by atoms with Crippen LogP contribution in [0.5, 0.6) is 0 Å². The number of nitrogens with zero attached hydrogens (tertiary/aromatic N) is 2. The molecule has 2 heterocycles. The quantitative estimate of drug-likeness (QED) is 0.831. The number of hydrogen-bond donors (Lipinski definition) is 0. The van der Waals surface area contributed by atoms with Gasteiger partial charge in [-0.3, -0.25) is 9.69 Å². The minimum atomic E-state index is -0.0168. The molecule has 22 heavy (non-hydrogen) atoms. The maximum atomic E-state index is 12.5. The van der Waals surface area contributed by atoms with Gasteiger partial charge in [0, 0.05) is 37.7 Å². The fraction of sp³-hybridized carbons (Fsp3) is 0.312. The first-order valence-electron chi connectivity index (χ1n) is 7.11. The number of thiophene rings is 1. The highest BCUT2D eigenvalue weighted by atomic mass is 35.5. The van der Waals surface area contributed by atoms with Gasteiger partial charge in [0.25, 0.3) is 5.91 Å². The molecule has 1 aliphatic rings. The first kappa shape index (κ1) is 15.8. The predicted molar refractivity (Wildman–Crippen MR) is 92.0 cm³/mol. The van der Waals surface area contributed by atoms with Crippen LogP contribution in [0.15, 0.2) is 35.0 Å². The van der Waals surface area contributed by atoms with E-state index in [9.17, 15) is 4.79 Å². The van der Waals surface area contributed by atoms with Crippen LogP contribution in [0.3, 0.4) is 0 Å². The van der Waals surface area contributed by atoms with E-state index < -0.39 is 0 Å². The molecule has 0 unspecified atom stereocenters. The van der Waals surface area contributed by atoms with Crippen LogP contribution in [0.4, 0.5) is 0 Å². The van der Waals surface area contributed by atoms with Crippen LogP contribution in [0, 0.1) is 0 Å². The SMILES string of the molecule is O=C(c1ccc(Cl)cc1Cl)N1CCN(Cc2ccsc2)CC1. The van der Waals surface area contributed by atoms with Gasteiger partial charge in [0.05, 0.1) is 10.6 Å². The minimum Gasteiger partial charge on any atom is -0.336 e. The normalized spacial score (nSPS) is 16.0. The molecule has 3 nitrogen and oxygen atoms in total. The molecule has 0 atom stereocenters. The zero-order valence-electron chi connectivity index (χ0n) is 12.0. The molecule has 116 valence electrons. The van der Waals surface area contributed by atoms with E-state index in [0.29, 0.717) is 15.6 Å². The summed E-state index contributed by atoms with van der Waals surface area (Å²) in [6, 6.07) is 7.16. The summed E-state index contributed by atoms with van der Waals surface area (Å²) in [5.74, 6) is -0.0168. The highest BCUT2D eigenvalue weighted by Gasteiger charge is 2.23. The second kappa shape index (κ2) is 7.01. The molecule has 1 amide bonds. The van der Waals surface area contributed by atoms with E-state index in [0.717, 1.165) is 32.7 Å². The van der Waals surface area contributed by atoms with Crippen molar-refractivity contribution in [1.82, 2.24) is 9.80 Å². The van der Waals surface area contributed by atoms with Crippen molar-refractivity contribution in [2.24, 2.45) is 0 Å². The minimum absolute atomic E-state index is 0.0168. The Bertz CT molecular complexity index is 652. The number of hydrogen-bond acceptors (Lipinski definition) is 3. The Hall–Kier alpha value is -1.07. The lowest BCUT2D eigenvalue weighted by Crippen LogP contribution is -2.48. The summed E-state index contributed by atoms with van der Waals surface area (Å²) >= 11 is 13.7. The van der Waals surface area contributed by atoms with E-state index >= 15 is 0 Å². The van der Waals surface area contributed by atoms with Gasteiger partial charge in [0.1, 0.15) is 0 Å². The molecular weight excluding hydrogens is 339 g/mol. The molecule has 3 rings (SSSR count). The number of carbonyl (C=O) groups is 1. The van der Waals surface area contributed by atoms with Crippen LogP contribution < -0.4 is 0 Å². The summed E-state index contributed by atoms with van der Waals surface area (Å²) in [7, 11) is 0. The molecule has 2 aromatic rings. The van der Waals surface area contributed by atoms with Crippen molar-refractivity contribution >= 4 is 40.4 Å². The first-order chi connectivity index (χ1) is 10.6. The number of piperazine rings is 1. The topological polar surface area (TPSA) is 23.6 Å². The van der Waals surface area contributed by atoms with Crippen molar-refractivity contribution in [2.45, 2.75) is 6.54 Å². The number of rotatable bonds is 3. The van der Waals surface area contributed by atoms with Crippen molar-refractivity contribution in [3.8, 4) is 0 Å². The van der Waals surface area contributed by atoms with Gasteiger partial charge in [0.15, 0.2) is 0 Å². The lowest BCUT2D eigenvalue weighted by atomic mass is 10.1. The van der Waals surface area contributed by atoms with Gasteiger partial charge in [-0.2, -0.15) is 11.3 Å². The fourth-order valence-electron chi connectivity index (χ4n) is 2.58. The van der Waals surface area contributed by atoms with Crippen LogP contribution in [0.2, 0.25) is 10.0 Å². The second-order valence-electron chi connectivity index (χ2n) is 5.32. The van der Waals surface area contributed by atoms with E-state index in [1.54, 1.807) is 29.5 Å². The molecular formula is C16H16Cl2N2OS. The molecule has 1 aromatic heterocycles. The van der Waals surface area contributed by atoms with E-state index in [2.05, 4.69) is 21.7 Å². The molecule has 1 aromatic carbocycles. The van der Waals surface area contributed by atoms with Gasteiger partial charge in [-0.15, -0.1) is 0 Å². The van der Waals surface area contributed by atoms with Gasteiger partial charge in [0.2, 0.25) is 0 Å². The fourth-order valence-corrected chi connectivity index (χ4v) is 3.73. The third-order valence-electron chi connectivity index (χ3n) is 3.81. The van der Waals surface area contributed by atoms with Gasteiger partial charge in [-0.25, -0.2) is 0 Å². The van der Waals surface area contributed by atoms with Crippen LogP contribution in [-0.2, 0) is 6.54 Å². The van der Waals surface area contributed by atoms with E-state index in [1.807, 2.05) is 4.90 Å². The maximum Gasteiger partial charge on any atom is 0.255 e. The zero-order valence-corrected chi connectivity index (χ0v) is 14.3. The Balaban J connectivity index is 1.60. The molecule has 1 fully saturated rings. The lowest BCUT2D eigenvalue weighted by Gasteiger charge is -2.34. The smallest absolute Gasteiger partial charge is 0.255 e. The summed E-state index contributed by atoms with van der Waals surface area (Å²) in [6.45, 7) is 4.16. The van der Waals surface area contributed by atoms with Gasteiger partial charge in [-0.05, 0) is 40.6 Å². The Morgan fingerprint density at radius 2 is 1.91 bits per heavy atom. The molecule has 0 aliphatic carbocycles. The van der Waals surface area contributed by atoms with Crippen molar-refractivity contribution < 1.29 is 4.79 Å². The number of benzene rings is 1. The third-order valence-corrected chi connectivity index (χ3v) is 5.09. The van der Waals surface area contributed by atoms with Crippen LogP contribution >= 0.6 is 34.5 Å².